The van der Waals surface area contributed by atoms with E-state index in [0.717, 1.165) is 0 Å². The Bertz CT molecular complexity index is 349. The fourth-order valence-corrected chi connectivity index (χ4v) is 0.906. The fourth-order valence-electron chi connectivity index (χ4n) is 0.906. The molecule has 1 aromatic rings. The molecule has 0 radical (unpaired) electrons. The Kier molecular flexibility index (Phi) is 2.86. The molecule has 0 atom stereocenters. The third kappa shape index (κ3) is 1.96. The van der Waals surface area contributed by atoms with Crippen LogP contribution in [0.25, 0.3) is 0 Å². The molecule has 0 aliphatic rings. The molecular formula is C8H6N2O3. The summed E-state index contributed by atoms with van der Waals surface area (Å²) >= 11 is 0. The number of anilines is 1. The van der Waals surface area contributed by atoms with E-state index >= 15 is 0 Å². The van der Waals surface area contributed by atoms with Gasteiger partial charge in [0.25, 0.3) is 0 Å². The maximum Gasteiger partial charge on any atom is 0.150 e. The summed E-state index contributed by atoms with van der Waals surface area (Å²) in [5.41, 5.74) is 3.02. The van der Waals surface area contributed by atoms with Crippen LogP contribution >= 0.6 is 0 Å². The summed E-state index contributed by atoms with van der Waals surface area (Å²) in [5, 5.41) is 2.43. The molecule has 1 rings (SSSR count). The van der Waals surface area contributed by atoms with E-state index in [2.05, 4.69) is 10.7 Å². The summed E-state index contributed by atoms with van der Waals surface area (Å²) in [4.78, 5) is 30.6. The van der Waals surface area contributed by atoms with Crippen LogP contribution < -0.4 is 5.43 Å². The minimum Gasteiger partial charge on any atom is -0.298 e. The second-order valence-electron chi connectivity index (χ2n) is 2.28. The van der Waals surface area contributed by atoms with E-state index in [4.69, 9.17) is 0 Å². The molecule has 0 amide bonds. The van der Waals surface area contributed by atoms with Crippen LogP contribution in [0, 0.1) is 4.91 Å². The molecule has 1 N–H and O–H groups in total. The monoisotopic (exact) mass is 178 g/mol. The Hall–Kier alpha value is -2.04. The first-order valence-electron chi connectivity index (χ1n) is 3.44. The van der Waals surface area contributed by atoms with E-state index in [1.807, 2.05) is 0 Å². The van der Waals surface area contributed by atoms with Gasteiger partial charge in [0.1, 0.15) is 0 Å². The average molecular weight is 178 g/mol. The van der Waals surface area contributed by atoms with Gasteiger partial charge in [0.2, 0.25) is 0 Å². The molecule has 0 saturated heterocycles. The molecule has 0 aromatic heterocycles. The van der Waals surface area contributed by atoms with E-state index in [9.17, 15) is 14.5 Å². The van der Waals surface area contributed by atoms with Gasteiger partial charge in [0.05, 0.1) is 11.0 Å². The quantitative estimate of drug-likeness (QED) is 0.429. The van der Waals surface area contributed by atoms with Crippen LogP contribution in [0.4, 0.5) is 5.69 Å². The van der Waals surface area contributed by atoms with Gasteiger partial charge < -0.3 is 0 Å². The molecule has 66 valence electrons. The summed E-state index contributed by atoms with van der Waals surface area (Å²) in [7, 11) is 0. The second kappa shape index (κ2) is 4.10. The first kappa shape index (κ1) is 9.05. The number of carbonyl (C=O) groups is 2. The van der Waals surface area contributed by atoms with E-state index in [1.165, 1.54) is 18.2 Å². The minimum atomic E-state index is 0.226. The van der Waals surface area contributed by atoms with Crippen LogP contribution in [0.3, 0.4) is 0 Å². The van der Waals surface area contributed by atoms with Crippen LogP contribution in [0.1, 0.15) is 20.7 Å². The molecule has 13 heavy (non-hydrogen) atoms. The van der Waals surface area contributed by atoms with Gasteiger partial charge in [-0.15, -0.1) is 4.91 Å². The van der Waals surface area contributed by atoms with Crippen molar-refractivity contribution in [2.75, 3.05) is 5.43 Å². The van der Waals surface area contributed by atoms with Gasteiger partial charge in [-0.25, -0.2) is 5.43 Å². The van der Waals surface area contributed by atoms with Gasteiger partial charge in [0, 0.05) is 11.1 Å². The third-order valence-electron chi connectivity index (χ3n) is 1.52. The van der Waals surface area contributed by atoms with Gasteiger partial charge in [-0.1, -0.05) is 0 Å². The van der Waals surface area contributed by atoms with Crippen molar-refractivity contribution in [1.29, 1.82) is 0 Å². The van der Waals surface area contributed by atoms with Crippen LogP contribution in [-0.2, 0) is 0 Å². The van der Waals surface area contributed by atoms with E-state index in [0.29, 0.717) is 18.3 Å². The normalized spacial score (nSPS) is 8.92. The first-order chi connectivity index (χ1) is 6.31. The molecule has 5 nitrogen and oxygen atoms in total. The zero-order valence-electron chi connectivity index (χ0n) is 6.56. The number of rotatable bonds is 4. The topological polar surface area (TPSA) is 75.6 Å². The zero-order valence-corrected chi connectivity index (χ0v) is 6.56. The van der Waals surface area contributed by atoms with Crippen molar-refractivity contribution in [2.45, 2.75) is 0 Å². The Morgan fingerprint density at radius 2 is 1.85 bits per heavy atom. The first-order valence-corrected chi connectivity index (χ1v) is 3.44. The smallest absolute Gasteiger partial charge is 0.150 e. The SMILES string of the molecule is O=Cc1ccc(NN=O)cc1C=O. The van der Waals surface area contributed by atoms with Gasteiger partial charge in [-0.3, -0.25) is 9.59 Å². The van der Waals surface area contributed by atoms with Crippen LogP contribution in [0.2, 0.25) is 0 Å². The number of nitrogens with zero attached hydrogens (tertiary/aromatic N) is 1. The Balaban J connectivity index is 3.11. The van der Waals surface area contributed by atoms with Crippen molar-refractivity contribution in [3.05, 3.63) is 34.2 Å². The Morgan fingerprint density at radius 1 is 1.15 bits per heavy atom. The fraction of sp³-hybridized carbons (Fsp3) is 0. The maximum atomic E-state index is 10.4. The second-order valence-corrected chi connectivity index (χ2v) is 2.28. The molecular weight excluding hydrogens is 172 g/mol. The molecule has 0 heterocycles. The van der Waals surface area contributed by atoms with Gasteiger partial charge in [-0.05, 0) is 18.2 Å². The highest BCUT2D eigenvalue weighted by molar-refractivity contribution is 5.91. The molecule has 0 bridgehead atoms. The summed E-state index contributed by atoms with van der Waals surface area (Å²) in [5.74, 6) is 0. The number of aldehydes is 2. The molecule has 0 aliphatic carbocycles. The molecule has 0 aliphatic heterocycles. The highest BCUT2D eigenvalue weighted by Crippen LogP contribution is 2.12. The van der Waals surface area contributed by atoms with Crippen molar-refractivity contribution in [3.63, 3.8) is 0 Å². The number of hydrogen-bond donors (Lipinski definition) is 1. The lowest BCUT2D eigenvalue weighted by molar-refractivity contribution is 0.109. The molecule has 0 spiro atoms. The average Bonchev–Trinajstić information content (AvgIpc) is 2.18. The number of hydrogen-bond acceptors (Lipinski definition) is 4. The Labute approximate surface area is 73.7 Å². The molecule has 0 unspecified atom stereocenters. The predicted octanol–water partition coefficient (Wildman–Crippen LogP) is 1.40. The zero-order chi connectivity index (χ0) is 9.68. The van der Waals surface area contributed by atoms with Crippen molar-refractivity contribution in [1.82, 2.24) is 0 Å². The largest absolute Gasteiger partial charge is 0.298 e. The van der Waals surface area contributed by atoms with Crippen molar-refractivity contribution in [2.24, 2.45) is 5.29 Å². The lowest BCUT2D eigenvalue weighted by Gasteiger charge is -1.99. The van der Waals surface area contributed by atoms with Crippen molar-refractivity contribution < 1.29 is 9.59 Å². The predicted molar refractivity (Wildman–Crippen MR) is 46.6 cm³/mol. The Morgan fingerprint density at radius 3 is 2.38 bits per heavy atom. The molecule has 5 heteroatoms. The van der Waals surface area contributed by atoms with Crippen LogP contribution in [-0.4, -0.2) is 12.6 Å². The van der Waals surface area contributed by atoms with Gasteiger partial charge in [0.15, 0.2) is 12.6 Å². The summed E-state index contributed by atoms with van der Waals surface area (Å²) < 4.78 is 0. The van der Waals surface area contributed by atoms with Gasteiger partial charge >= 0.3 is 0 Å². The van der Waals surface area contributed by atoms with Crippen LogP contribution in [0.15, 0.2) is 23.5 Å². The van der Waals surface area contributed by atoms with Crippen molar-refractivity contribution in [3.8, 4) is 0 Å². The summed E-state index contributed by atoms with van der Waals surface area (Å²) in [6, 6.07) is 4.29. The van der Waals surface area contributed by atoms with Gasteiger partial charge in [-0.2, -0.15) is 0 Å². The number of benzene rings is 1. The van der Waals surface area contributed by atoms with E-state index in [1.54, 1.807) is 0 Å². The highest BCUT2D eigenvalue weighted by Gasteiger charge is 2.01. The lowest BCUT2D eigenvalue weighted by atomic mass is 10.1. The lowest BCUT2D eigenvalue weighted by Crippen LogP contribution is -1.93. The summed E-state index contributed by atoms with van der Waals surface area (Å²) in [6.45, 7) is 0. The number of nitrogens with one attached hydrogen (secondary N) is 1. The van der Waals surface area contributed by atoms with E-state index < -0.39 is 0 Å². The molecule has 0 fully saturated rings. The number of nitroso groups, excluding NO2 is 1. The van der Waals surface area contributed by atoms with Crippen LogP contribution in [0.5, 0.6) is 0 Å². The minimum absolute atomic E-state index is 0.226. The highest BCUT2D eigenvalue weighted by atomic mass is 16.3. The maximum absolute atomic E-state index is 10.4. The van der Waals surface area contributed by atoms with E-state index in [-0.39, 0.29) is 11.1 Å². The molecule has 1 aromatic carbocycles. The molecule has 0 saturated carbocycles. The number of carbonyl (C=O) groups excluding carboxylic acids is 2. The van der Waals surface area contributed by atoms with Crippen molar-refractivity contribution >= 4 is 18.3 Å². The third-order valence-corrected chi connectivity index (χ3v) is 1.52. The standard InChI is InChI=1S/C8H6N2O3/c11-4-6-1-2-8(9-10-13)3-7(6)5-12/h1-5H,(H,9,13). The summed E-state index contributed by atoms with van der Waals surface area (Å²) in [6.07, 6.45) is 1.11.